The van der Waals surface area contributed by atoms with E-state index in [1.54, 1.807) is 0 Å². The van der Waals surface area contributed by atoms with Crippen LogP contribution >= 0.6 is 36.2 Å². The SMILES string of the molecule is C=CC[C@H](c1sccc1C)N1CCNCC1.Cl.Cl. The van der Waals surface area contributed by atoms with Gasteiger partial charge in [-0.05, 0) is 30.4 Å². The summed E-state index contributed by atoms with van der Waals surface area (Å²) < 4.78 is 0. The van der Waals surface area contributed by atoms with Crippen molar-refractivity contribution in [3.05, 3.63) is 34.5 Å². The lowest BCUT2D eigenvalue weighted by Crippen LogP contribution is -2.45. The lowest BCUT2D eigenvalue weighted by molar-refractivity contribution is 0.176. The minimum atomic E-state index is 0. The van der Waals surface area contributed by atoms with Gasteiger partial charge in [0, 0.05) is 37.1 Å². The van der Waals surface area contributed by atoms with E-state index in [9.17, 15) is 0 Å². The predicted molar refractivity (Wildman–Crippen MR) is 85.5 cm³/mol. The lowest BCUT2D eigenvalue weighted by atomic mass is 10.1. The first-order chi connectivity index (χ1) is 7.83. The Labute approximate surface area is 126 Å². The Bertz CT molecular complexity index is 349. The molecule has 1 aliphatic heterocycles. The van der Waals surface area contributed by atoms with E-state index in [0.717, 1.165) is 32.6 Å². The van der Waals surface area contributed by atoms with E-state index in [-0.39, 0.29) is 24.8 Å². The van der Waals surface area contributed by atoms with Crippen LogP contribution in [0.2, 0.25) is 0 Å². The Balaban J connectivity index is 0.00000144. The Kier molecular flexibility index (Phi) is 8.91. The predicted octanol–water partition coefficient (Wildman–Crippen LogP) is 3.42. The molecule has 0 amide bonds. The van der Waals surface area contributed by atoms with Gasteiger partial charge in [-0.3, -0.25) is 4.90 Å². The van der Waals surface area contributed by atoms with Crippen molar-refractivity contribution in [3.8, 4) is 0 Å². The molecule has 0 radical (unpaired) electrons. The molecule has 0 unspecified atom stereocenters. The number of nitrogens with zero attached hydrogens (tertiary/aromatic N) is 1. The minimum absolute atomic E-state index is 0. The molecule has 0 aliphatic carbocycles. The van der Waals surface area contributed by atoms with Crippen LogP contribution in [0.4, 0.5) is 0 Å². The first-order valence-corrected chi connectivity index (χ1v) is 6.80. The summed E-state index contributed by atoms with van der Waals surface area (Å²) in [6, 6.07) is 2.76. The van der Waals surface area contributed by atoms with Crippen LogP contribution in [0, 0.1) is 6.92 Å². The smallest absolute Gasteiger partial charge is 0.0479 e. The Morgan fingerprint density at radius 3 is 2.61 bits per heavy atom. The zero-order chi connectivity index (χ0) is 11.4. The lowest BCUT2D eigenvalue weighted by Gasteiger charge is -2.34. The van der Waals surface area contributed by atoms with E-state index >= 15 is 0 Å². The van der Waals surface area contributed by atoms with Crippen molar-refractivity contribution < 1.29 is 0 Å². The van der Waals surface area contributed by atoms with Gasteiger partial charge in [-0.2, -0.15) is 0 Å². The molecule has 0 aromatic carbocycles. The molecule has 1 saturated heterocycles. The fraction of sp³-hybridized carbons (Fsp3) is 0.538. The minimum Gasteiger partial charge on any atom is -0.314 e. The van der Waals surface area contributed by atoms with Gasteiger partial charge in [-0.15, -0.1) is 42.7 Å². The number of hydrogen-bond donors (Lipinski definition) is 1. The van der Waals surface area contributed by atoms with Crippen LogP contribution in [0.25, 0.3) is 0 Å². The molecule has 0 bridgehead atoms. The highest BCUT2D eigenvalue weighted by Crippen LogP contribution is 2.31. The number of hydrogen-bond acceptors (Lipinski definition) is 3. The van der Waals surface area contributed by atoms with Crippen molar-refractivity contribution in [2.24, 2.45) is 0 Å². The number of piperazine rings is 1. The van der Waals surface area contributed by atoms with Crippen LogP contribution in [0.15, 0.2) is 24.1 Å². The van der Waals surface area contributed by atoms with E-state index in [4.69, 9.17) is 0 Å². The highest BCUT2D eigenvalue weighted by molar-refractivity contribution is 7.10. The van der Waals surface area contributed by atoms with Crippen molar-refractivity contribution in [3.63, 3.8) is 0 Å². The topological polar surface area (TPSA) is 15.3 Å². The zero-order valence-electron chi connectivity index (χ0n) is 10.7. The van der Waals surface area contributed by atoms with E-state index in [1.165, 1.54) is 10.4 Å². The number of thiophene rings is 1. The van der Waals surface area contributed by atoms with Gasteiger partial charge in [-0.1, -0.05) is 6.08 Å². The average molecular weight is 309 g/mol. The fourth-order valence-corrected chi connectivity index (χ4v) is 3.37. The normalized spacial score (nSPS) is 17.4. The second-order valence-corrected chi connectivity index (χ2v) is 5.24. The van der Waals surface area contributed by atoms with Crippen molar-refractivity contribution in [2.75, 3.05) is 26.2 Å². The summed E-state index contributed by atoms with van der Waals surface area (Å²) >= 11 is 1.88. The summed E-state index contributed by atoms with van der Waals surface area (Å²) in [6.45, 7) is 10.6. The molecule has 2 nitrogen and oxygen atoms in total. The van der Waals surface area contributed by atoms with Gasteiger partial charge in [0.15, 0.2) is 0 Å². The Morgan fingerprint density at radius 1 is 1.44 bits per heavy atom. The monoisotopic (exact) mass is 308 g/mol. The molecule has 2 heterocycles. The molecule has 1 N–H and O–H groups in total. The highest BCUT2D eigenvalue weighted by atomic mass is 35.5. The summed E-state index contributed by atoms with van der Waals surface area (Å²) in [7, 11) is 0. The second-order valence-electron chi connectivity index (χ2n) is 4.29. The summed E-state index contributed by atoms with van der Waals surface area (Å²) in [5.74, 6) is 0. The van der Waals surface area contributed by atoms with Gasteiger partial charge in [0.1, 0.15) is 0 Å². The summed E-state index contributed by atoms with van der Waals surface area (Å²) in [5.41, 5.74) is 1.43. The van der Waals surface area contributed by atoms with E-state index < -0.39 is 0 Å². The molecule has 1 aromatic heterocycles. The molecule has 2 rings (SSSR count). The first-order valence-electron chi connectivity index (χ1n) is 5.92. The molecule has 1 atom stereocenters. The molecule has 1 fully saturated rings. The summed E-state index contributed by atoms with van der Waals surface area (Å²) in [5, 5.41) is 5.60. The molecule has 18 heavy (non-hydrogen) atoms. The molecule has 0 saturated carbocycles. The van der Waals surface area contributed by atoms with E-state index in [1.807, 2.05) is 17.4 Å². The molecule has 104 valence electrons. The number of aryl methyl sites for hydroxylation is 1. The van der Waals surface area contributed by atoms with Crippen LogP contribution < -0.4 is 5.32 Å². The number of halogens is 2. The Morgan fingerprint density at radius 2 is 2.11 bits per heavy atom. The van der Waals surface area contributed by atoms with E-state index in [0.29, 0.717) is 6.04 Å². The first kappa shape index (κ1) is 17.9. The maximum Gasteiger partial charge on any atom is 0.0479 e. The Hall–Kier alpha value is -0.0600. The zero-order valence-corrected chi connectivity index (χ0v) is 13.2. The van der Waals surface area contributed by atoms with Gasteiger partial charge >= 0.3 is 0 Å². The van der Waals surface area contributed by atoms with Gasteiger partial charge in [-0.25, -0.2) is 0 Å². The highest BCUT2D eigenvalue weighted by Gasteiger charge is 2.22. The average Bonchev–Trinajstić information content (AvgIpc) is 2.73. The third-order valence-electron chi connectivity index (χ3n) is 3.19. The van der Waals surface area contributed by atoms with Gasteiger partial charge in [0.25, 0.3) is 0 Å². The van der Waals surface area contributed by atoms with Crippen LogP contribution in [0.1, 0.15) is 22.9 Å². The van der Waals surface area contributed by atoms with Crippen LogP contribution in [-0.4, -0.2) is 31.1 Å². The third-order valence-corrected chi connectivity index (χ3v) is 4.31. The fourth-order valence-electron chi connectivity index (χ4n) is 2.30. The molecule has 5 heteroatoms. The van der Waals surface area contributed by atoms with E-state index in [2.05, 4.69) is 35.2 Å². The number of nitrogens with one attached hydrogen (secondary N) is 1. The van der Waals surface area contributed by atoms with Gasteiger partial charge in [0.2, 0.25) is 0 Å². The molecule has 0 spiro atoms. The van der Waals surface area contributed by atoms with Crippen molar-refractivity contribution in [2.45, 2.75) is 19.4 Å². The van der Waals surface area contributed by atoms with Crippen molar-refractivity contribution >= 4 is 36.2 Å². The third kappa shape index (κ3) is 4.25. The van der Waals surface area contributed by atoms with Crippen LogP contribution in [-0.2, 0) is 0 Å². The largest absolute Gasteiger partial charge is 0.314 e. The van der Waals surface area contributed by atoms with Crippen LogP contribution in [0.3, 0.4) is 0 Å². The standard InChI is InChI=1S/C13H20N2S.2ClH/c1-3-4-12(13-11(2)5-10-16-13)15-8-6-14-7-9-15;;/h3,5,10,12,14H,1,4,6-9H2,2H3;2*1H/t12-;;/m1../s1. The van der Waals surface area contributed by atoms with Crippen LogP contribution in [0.5, 0.6) is 0 Å². The maximum atomic E-state index is 3.90. The molecular weight excluding hydrogens is 287 g/mol. The maximum absolute atomic E-state index is 3.90. The van der Waals surface area contributed by atoms with Gasteiger partial charge in [0.05, 0.1) is 0 Å². The molecule has 1 aromatic rings. The molecule has 1 aliphatic rings. The summed E-state index contributed by atoms with van der Waals surface area (Å²) in [4.78, 5) is 4.10. The van der Waals surface area contributed by atoms with Crippen molar-refractivity contribution in [1.82, 2.24) is 10.2 Å². The number of rotatable bonds is 4. The quantitative estimate of drug-likeness (QED) is 0.857. The second kappa shape index (κ2) is 8.94. The molecular formula is C13H22Cl2N2S. The van der Waals surface area contributed by atoms with Crippen molar-refractivity contribution in [1.29, 1.82) is 0 Å². The van der Waals surface area contributed by atoms with Gasteiger partial charge < -0.3 is 5.32 Å². The summed E-state index contributed by atoms with van der Waals surface area (Å²) in [6.07, 6.45) is 3.10.